The number of β-amino-alcohol motifs (C(OH)–C–C–N with tert-alkyl or cyclic N) is 1. The van der Waals surface area contributed by atoms with Crippen LogP contribution in [0.1, 0.15) is 63.7 Å². The fraction of sp³-hybridized carbons (Fsp3) is 0.517. The Labute approximate surface area is 219 Å². The van der Waals surface area contributed by atoms with Crippen molar-refractivity contribution in [2.75, 3.05) is 19.6 Å². The fourth-order valence-corrected chi connectivity index (χ4v) is 5.10. The number of ether oxygens (including phenoxy) is 1. The molecule has 4 unspecified atom stereocenters. The second-order valence-electron chi connectivity index (χ2n) is 10.6. The lowest BCUT2D eigenvalue weighted by molar-refractivity contribution is -0.121. The number of nitrogens with one attached hydrogen (secondary N) is 1. The van der Waals surface area contributed by atoms with Gasteiger partial charge >= 0.3 is 6.09 Å². The van der Waals surface area contributed by atoms with Crippen molar-refractivity contribution in [3.05, 3.63) is 65.7 Å². The number of piperidine rings is 1. The van der Waals surface area contributed by atoms with Crippen LogP contribution in [-0.4, -0.2) is 52.8 Å². The zero-order valence-electron chi connectivity index (χ0n) is 22.1. The summed E-state index contributed by atoms with van der Waals surface area (Å²) < 4.78 is 5.24. The van der Waals surface area contributed by atoms with E-state index in [4.69, 9.17) is 10.5 Å². The molecule has 2 amide bonds. The zero-order valence-corrected chi connectivity index (χ0v) is 22.1. The number of hydrogen-bond donors (Lipinski definition) is 4. The summed E-state index contributed by atoms with van der Waals surface area (Å²) in [7, 11) is 0. The van der Waals surface area contributed by atoms with Gasteiger partial charge in [0.1, 0.15) is 11.4 Å². The van der Waals surface area contributed by atoms with E-state index in [2.05, 4.69) is 24.1 Å². The molecule has 0 radical (unpaired) electrons. The normalized spacial score (nSPS) is 20.7. The van der Waals surface area contributed by atoms with Gasteiger partial charge in [-0.3, -0.25) is 15.0 Å². The summed E-state index contributed by atoms with van der Waals surface area (Å²) >= 11 is 0. The van der Waals surface area contributed by atoms with Gasteiger partial charge in [0, 0.05) is 19.0 Å². The number of benzene rings is 2. The van der Waals surface area contributed by atoms with Crippen molar-refractivity contribution in [2.24, 2.45) is 17.6 Å². The average Bonchev–Trinajstić information content (AvgIpc) is 2.88. The molecule has 8 nitrogen and oxygen atoms in total. The van der Waals surface area contributed by atoms with Crippen LogP contribution in [0.3, 0.4) is 0 Å². The van der Waals surface area contributed by atoms with Crippen LogP contribution in [0, 0.1) is 11.8 Å². The zero-order chi connectivity index (χ0) is 27.0. The number of amides is 2. The van der Waals surface area contributed by atoms with Crippen molar-refractivity contribution >= 4 is 12.0 Å². The first-order valence-electron chi connectivity index (χ1n) is 13.1. The van der Waals surface area contributed by atoms with E-state index in [-0.39, 0.29) is 24.1 Å². The van der Waals surface area contributed by atoms with Crippen molar-refractivity contribution in [2.45, 2.75) is 64.2 Å². The summed E-state index contributed by atoms with van der Waals surface area (Å²) in [5, 5.41) is 24.6. The topological polar surface area (TPSA) is 125 Å². The number of aliphatic hydroxyl groups is 2. The molecular weight excluding hydrogens is 470 g/mol. The molecule has 0 spiro atoms. The number of rotatable bonds is 10. The minimum Gasteiger partial charge on any atom is -0.410 e. The van der Waals surface area contributed by atoms with Crippen LogP contribution in [0.15, 0.2) is 54.6 Å². The Balaban J connectivity index is 1.54. The third-order valence-corrected chi connectivity index (χ3v) is 7.13. The van der Waals surface area contributed by atoms with E-state index in [9.17, 15) is 19.8 Å². The van der Waals surface area contributed by atoms with E-state index in [1.54, 1.807) is 24.3 Å². The fourth-order valence-electron chi connectivity index (χ4n) is 5.10. The van der Waals surface area contributed by atoms with E-state index < -0.39 is 23.7 Å². The Morgan fingerprint density at radius 2 is 1.78 bits per heavy atom. The number of nitrogens with zero attached hydrogens (tertiary/aromatic N) is 1. The maximum Gasteiger partial charge on any atom is 0.419 e. The van der Waals surface area contributed by atoms with Gasteiger partial charge < -0.3 is 20.7 Å². The maximum atomic E-state index is 12.2. The molecule has 8 heteroatoms. The molecule has 1 fully saturated rings. The Bertz CT molecular complexity index is 1010. The Hall–Kier alpha value is -2.78. The largest absolute Gasteiger partial charge is 0.419 e. The van der Waals surface area contributed by atoms with Crippen LogP contribution >= 0.6 is 0 Å². The van der Waals surface area contributed by atoms with Crippen LogP contribution in [0.25, 0.3) is 0 Å². The number of aliphatic hydroxyl groups excluding tert-OH is 1. The lowest BCUT2D eigenvalue weighted by Crippen LogP contribution is -2.50. The van der Waals surface area contributed by atoms with Gasteiger partial charge in [-0.1, -0.05) is 56.3 Å². The molecule has 0 saturated carbocycles. The molecule has 1 aliphatic heterocycles. The molecule has 2 aromatic carbocycles. The average molecular weight is 512 g/mol. The highest BCUT2D eigenvalue weighted by atomic mass is 16.6. The van der Waals surface area contributed by atoms with Gasteiger partial charge in [0.15, 0.2) is 0 Å². The van der Waals surface area contributed by atoms with E-state index in [1.165, 1.54) is 0 Å². The highest BCUT2D eigenvalue weighted by Gasteiger charge is 2.38. The van der Waals surface area contributed by atoms with Gasteiger partial charge in [-0.15, -0.1) is 0 Å². The Morgan fingerprint density at radius 3 is 2.41 bits per heavy atom. The lowest BCUT2D eigenvalue weighted by atomic mass is 9.84. The molecule has 5 N–H and O–H groups in total. The van der Waals surface area contributed by atoms with Crippen molar-refractivity contribution in [1.29, 1.82) is 0 Å². The quantitative estimate of drug-likeness (QED) is 0.383. The lowest BCUT2D eigenvalue weighted by Gasteiger charge is -2.43. The van der Waals surface area contributed by atoms with Crippen LogP contribution in [0.2, 0.25) is 0 Å². The van der Waals surface area contributed by atoms with E-state index in [0.29, 0.717) is 31.0 Å². The summed E-state index contributed by atoms with van der Waals surface area (Å²) in [4.78, 5) is 26.4. The molecular formula is C29H41N3O5. The first-order valence-corrected chi connectivity index (χ1v) is 13.1. The molecule has 1 heterocycles. The second-order valence-corrected chi connectivity index (χ2v) is 10.6. The predicted octanol–water partition coefficient (Wildman–Crippen LogP) is 3.72. The van der Waals surface area contributed by atoms with Crippen LogP contribution in [0.4, 0.5) is 4.79 Å². The van der Waals surface area contributed by atoms with Gasteiger partial charge in [0.2, 0.25) is 5.91 Å². The molecule has 0 aliphatic carbocycles. The summed E-state index contributed by atoms with van der Waals surface area (Å²) in [5.74, 6) is 0.274. The summed E-state index contributed by atoms with van der Waals surface area (Å²) in [6.45, 7) is 7.67. The Kier molecular flexibility index (Phi) is 10.2. The number of carbonyl (C=O) groups excluding carboxylic acids is 2. The molecule has 2 aromatic rings. The molecule has 3 rings (SSSR count). The first-order chi connectivity index (χ1) is 17.6. The van der Waals surface area contributed by atoms with Gasteiger partial charge in [0.25, 0.3) is 0 Å². The minimum atomic E-state index is -0.949. The molecule has 1 aliphatic rings. The number of hydrogen-bond acceptors (Lipinski definition) is 7. The smallest absolute Gasteiger partial charge is 0.410 e. The third kappa shape index (κ3) is 8.10. The van der Waals surface area contributed by atoms with Crippen molar-refractivity contribution in [3.63, 3.8) is 0 Å². The van der Waals surface area contributed by atoms with Gasteiger partial charge in [0.05, 0.1) is 6.10 Å². The van der Waals surface area contributed by atoms with E-state index in [1.807, 2.05) is 37.3 Å². The van der Waals surface area contributed by atoms with Crippen LogP contribution < -0.4 is 15.8 Å². The van der Waals surface area contributed by atoms with Gasteiger partial charge in [-0.05, 0) is 74.4 Å². The SMILES string of the molecule is CC(C)CC(CN)CC(=O)NC(=O)Oc1ccc(C(O)C(C)N2CCCC(O)(c3ccccc3)C2)cc1. The molecule has 202 valence electrons. The highest BCUT2D eigenvalue weighted by Crippen LogP contribution is 2.34. The van der Waals surface area contributed by atoms with E-state index >= 15 is 0 Å². The van der Waals surface area contributed by atoms with Crippen molar-refractivity contribution < 1.29 is 24.5 Å². The van der Waals surface area contributed by atoms with Crippen LogP contribution in [-0.2, 0) is 10.4 Å². The molecule has 37 heavy (non-hydrogen) atoms. The minimum absolute atomic E-state index is 0.0131. The first kappa shape index (κ1) is 28.8. The van der Waals surface area contributed by atoms with Crippen molar-refractivity contribution in [3.8, 4) is 5.75 Å². The molecule has 1 saturated heterocycles. The monoisotopic (exact) mass is 511 g/mol. The number of carbonyl (C=O) groups is 2. The van der Waals surface area contributed by atoms with Gasteiger partial charge in [-0.25, -0.2) is 4.79 Å². The molecule has 4 atom stereocenters. The van der Waals surface area contributed by atoms with Gasteiger partial charge in [-0.2, -0.15) is 0 Å². The Morgan fingerprint density at radius 1 is 1.11 bits per heavy atom. The van der Waals surface area contributed by atoms with Crippen molar-refractivity contribution in [1.82, 2.24) is 10.2 Å². The highest BCUT2D eigenvalue weighted by molar-refractivity contribution is 5.92. The third-order valence-electron chi connectivity index (χ3n) is 7.13. The number of likely N-dealkylation sites (tertiary alicyclic amines) is 1. The second kappa shape index (κ2) is 13.1. The standard InChI is InChI=1S/C29H41N3O5/c1-20(2)16-22(18-30)17-26(33)31-28(35)37-25-12-10-23(11-13-25)27(34)21(3)32-15-7-14-29(36,19-32)24-8-5-4-6-9-24/h4-6,8-13,20-22,27,34,36H,7,14-19,30H2,1-3H3,(H,31,33,35). The molecule has 0 bridgehead atoms. The number of imide groups is 1. The number of nitrogens with two attached hydrogens (primary N) is 1. The maximum absolute atomic E-state index is 12.2. The van der Waals surface area contributed by atoms with E-state index in [0.717, 1.165) is 24.9 Å². The summed E-state index contributed by atoms with van der Waals surface area (Å²) in [6.07, 6.45) is 0.842. The predicted molar refractivity (Wildman–Crippen MR) is 143 cm³/mol. The summed E-state index contributed by atoms with van der Waals surface area (Å²) in [6, 6.07) is 16.0. The molecule has 0 aromatic heterocycles. The summed E-state index contributed by atoms with van der Waals surface area (Å²) in [5.41, 5.74) is 6.35. The van der Waals surface area contributed by atoms with Crippen LogP contribution in [0.5, 0.6) is 5.75 Å².